The average Bonchev–Trinajstić information content (AvgIpc) is 2.43. The van der Waals surface area contributed by atoms with Crippen LogP contribution in [0, 0.1) is 5.92 Å². The molecule has 1 amide bonds. The van der Waals surface area contributed by atoms with Crippen LogP contribution < -0.4 is 0 Å². The third-order valence-electron chi connectivity index (χ3n) is 3.71. The number of hydrogen-bond acceptors (Lipinski definition) is 1. The lowest BCUT2D eigenvalue weighted by Gasteiger charge is -2.36. The molecule has 18 heavy (non-hydrogen) atoms. The molecule has 2 atom stereocenters. The number of nitrogens with zero attached hydrogens (tertiary/aromatic N) is 1. The first-order valence-electron chi connectivity index (χ1n) is 6.52. The second-order valence-corrected chi connectivity index (χ2v) is 4.95. The van der Waals surface area contributed by atoms with Gasteiger partial charge in [-0.25, -0.2) is 0 Å². The van der Waals surface area contributed by atoms with Crippen molar-refractivity contribution in [1.29, 1.82) is 0 Å². The van der Waals surface area contributed by atoms with Crippen LogP contribution in [0.4, 0.5) is 0 Å². The van der Waals surface area contributed by atoms with E-state index in [1.54, 1.807) is 0 Å². The average molecular weight is 239 g/mol. The summed E-state index contributed by atoms with van der Waals surface area (Å²) in [6.07, 6.45) is 10.3. The molecule has 0 aromatic heterocycles. The van der Waals surface area contributed by atoms with Crippen LogP contribution >= 0.6 is 0 Å². The number of benzene rings is 1. The molecule has 0 radical (unpaired) electrons. The Labute approximate surface area is 108 Å². The number of carbonyl (C=O) groups excluding carboxylic acids is 1. The number of fused-ring (bicyclic) bond motifs is 1. The zero-order chi connectivity index (χ0) is 12.4. The van der Waals surface area contributed by atoms with E-state index < -0.39 is 0 Å². The van der Waals surface area contributed by atoms with E-state index in [-0.39, 0.29) is 17.9 Å². The first kappa shape index (κ1) is 11.3. The maximum Gasteiger partial charge on any atom is 0.230 e. The van der Waals surface area contributed by atoms with Crippen molar-refractivity contribution in [3.05, 3.63) is 60.2 Å². The SMILES string of the molecule is O=C1[C@@H](Cc2ccccc2)C=C[C@@H]2CC=CCN12. The van der Waals surface area contributed by atoms with Crippen molar-refractivity contribution in [2.45, 2.75) is 18.9 Å². The molecule has 0 bridgehead atoms. The second-order valence-electron chi connectivity index (χ2n) is 4.95. The summed E-state index contributed by atoms with van der Waals surface area (Å²) in [7, 11) is 0. The Morgan fingerprint density at radius 2 is 1.94 bits per heavy atom. The highest BCUT2D eigenvalue weighted by atomic mass is 16.2. The molecule has 0 saturated carbocycles. The van der Waals surface area contributed by atoms with Gasteiger partial charge in [-0.15, -0.1) is 0 Å². The van der Waals surface area contributed by atoms with E-state index in [9.17, 15) is 4.79 Å². The third kappa shape index (κ3) is 2.10. The van der Waals surface area contributed by atoms with Crippen molar-refractivity contribution in [2.75, 3.05) is 6.54 Å². The molecule has 92 valence electrons. The van der Waals surface area contributed by atoms with Crippen LogP contribution in [0.2, 0.25) is 0 Å². The molecular formula is C16H17NO. The summed E-state index contributed by atoms with van der Waals surface area (Å²) < 4.78 is 0. The summed E-state index contributed by atoms with van der Waals surface area (Å²) in [6.45, 7) is 0.763. The summed E-state index contributed by atoms with van der Waals surface area (Å²) in [5, 5.41) is 0. The summed E-state index contributed by atoms with van der Waals surface area (Å²) in [5.41, 5.74) is 1.23. The van der Waals surface area contributed by atoms with E-state index in [1.165, 1.54) is 5.56 Å². The van der Waals surface area contributed by atoms with Crippen LogP contribution in [-0.2, 0) is 11.2 Å². The molecule has 2 aliphatic heterocycles. The van der Waals surface area contributed by atoms with Gasteiger partial charge >= 0.3 is 0 Å². The predicted octanol–water partition coefficient (Wildman–Crippen LogP) is 2.57. The molecule has 3 rings (SSSR count). The van der Waals surface area contributed by atoms with Crippen LogP contribution in [0.15, 0.2) is 54.6 Å². The van der Waals surface area contributed by atoms with Crippen molar-refractivity contribution in [1.82, 2.24) is 4.90 Å². The molecule has 0 spiro atoms. The summed E-state index contributed by atoms with van der Waals surface area (Å²) >= 11 is 0. The molecule has 1 aromatic carbocycles. The molecule has 2 nitrogen and oxygen atoms in total. The third-order valence-corrected chi connectivity index (χ3v) is 3.71. The Morgan fingerprint density at radius 1 is 1.11 bits per heavy atom. The van der Waals surface area contributed by atoms with E-state index in [0.29, 0.717) is 0 Å². The van der Waals surface area contributed by atoms with Gasteiger partial charge in [0.1, 0.15) is 0 Å². The maximum absolute atomic E-state index is 12.4. The van der Waals surface area contributed by atoms with Crippen LogP contribution in [0.5, 0.6) is 0 Å². The van der Waals surface area contributed by atoms with Gasteiger partial charge in [-0.2, -0.15) is 0 Å². The predicted molar refractivity (Wildman–Crippen MR) is 72.0 cm³/mol. The van der Waals surface area contributed by atoms with Crippen molar-refractivity contribution in [3.8, 4) is 0 Å². The lowest BCUT2D eigenvalue weighted by molar-refractivity contribution is -0.135. The van der Waals surface area contributed by atoms with E-state index >= 15 is 0 Å². The lowest BCUT2D eigenvalue weighted by atomic mass is 9.91. The van der Waals surface area contributed by atoms with Gasteiger partial charge in [0.2, 0.25) is 5.91 Å². The first-order chi connectivity index (χ1) is 8.84. The van der Waals surface area contributed by atoms with Gasteiger partial charge in [0.15, 0.2) is 0 Å². The summed E-state index contributed by atoms with van der Waals surface area (Å²) in [6, 6.07) is 10.5. The van der Waals surface area contributed by atoms with Crippen molar-refractivity contribution < 1.29 is 4.79 Å². The lowest BCUT2D eigenvalue weighted by Crippen LogP contribution is -2.46. The van der Waals surface area contributed by atoms with E-state index in [2.05, 4.69) is 36.4 Å². The monoisotopic (exact) mass is 239 g/mol. The molecule has 2 aliphatic rings. The van der Waals surface area contributed by atoms with Crippen LogP contribution in [-0.4, -0.2) is 23.4 Å². The topological polar surface area (TPSA) is 20.3 Å². The Hall–Kier alpha value is -1.83. The fourth-order valence-electron chi connectivity index (χ4n) is 2.70. The smallest absolute Gasteiger partial charge is 0.230 e. The standard InChI is InChI=1S/C16H17NO/c18-16-14(12-13-6-2-1-3-7-13)9-10-15-8-4-5-11-17(15)16/h1-7,9-10,14-15H,8,11-12H2/t14-,15+/m1/s1. The molecular weight excluding hydrogens is 222 g/mol. The Morgan fingerprint density at radius 3 is 2.78 bits per heavy atom. The zero-order valence-corrected chi connectivity index (χ0v) is 10.3. The van der Waals surface area contributed by atoms with Crippen molar-refractivity contribution in [2.24, 2.45) is 5.92 Å². The fraction of sp³-hybridized carbons (Fsp3) is 0.312. The molecule has 0 fully saturated rings. The number of hydrogen-bond donors (Lipinski definition) is 0. The largest absolute Gasteiger partial charge is 0.332 e. The zero-order valence-electron chi connectivity index (χ0n) is 10.3. The molecule has 0 N–H and O–H groups in total. The van der Waals surface area contributed by atoms with E-state index in [1.807, 2.05) is 23.1 Å². The van der Waals surface area contributed by atoms with E-state index in [0.717, 1.165) is 19.4 Å². The van der Waals surface area contributed by atoms with Gasteiger partial charge in [0.05, 0.1) is 12.0 Å². The highest BCUT2D eigenvalue weighted by Gasteiger charge is 2.31. The van der Waals surface area contributed by atoms with Crippen LogP contribution in [0.3, 0.4) is 0 Å². The van der Waals surface area contributed by atoms with Gasteiger partial charge < -0.3 is 4.90 Å². The maximum atomic E-state index is 12.4. The second kappa shape index (κ2) is 4.81. The first-order valence-corrected chi connectivity index (χ1v) is 6.52. The normalized spacial score (nSPS) is 26.2. The van der Waals surface area contributed by atoms with Gasteiger partial charge in [-0.1, -0.05) is 54.6 Å². The Balaban J connectivity index is 1.77. The quantitative estimate of drug-likeness (QED) is 0.726. The molecule has 2 heterocycles. The van der Waals surface area contributed by atoms with Gasteiger partial charge in [-0.3, -0.25) is 4.79 Å². The Kier molecular flexibility index (Phi) is 3.01. The molecule has 0 aliphatic carbocycles. The minimum absolute atomic E-state index is 0.00940. The minimum Gasteiger partial charge on any atom is -0.332 e. The van der Waals surface area contributed by atoms with Gasteiger partial charge in [-0.05, 0) is 18.4 Å². The molecule has 0 saturated heterocycles. The molecule has 1 aromatic rings. The highest BCUT2D eigenvalue weighted by Crippen LogP contribution is 2.24. The molecule has 2 heteroatoms. The Bertz CT molecular complexity index is 489. The van der Waals surface area contributed by atoms with Crippen molar-refractivity contribution >= 4 is 5.91 Å². The van der Waals surface area contributed by atoms with Gasteiger partial charge in [0, 0.05) is 6.54 Å². The highest BCUT2D eigenvalue weighted by molar-refractivity contribution is 5.83. The number of rotatable bonds is 2. The number of carbonyl (C=O) groups is 1. The van der Waals surface area contributed by atoms with Gasteiger partial charge in [0.25, 0.3) is 0 Å². The fourth-order valence-corrected chi connectivity index (χ4v) is 2.70. The van der Waals surface area contributed by atoms with Crippen LogP contribution in [0.25, 0.3) is 0 Å². The minimum atomic E-state index is 0.00940. The number of amides is 1. The molecule has 0 unspecified atom stereocenters. The van der Waals surface area contributed by atoms with Crippen molar-refractivity contribution in [3.63, 3.8) is 0 Å². The summed E-state index contributed by atoms with van der Waals surface area (Å²) in [5.74, 6) is 0.283. The van der Waals surface area contributed by atoms with Crippen LogP contribution in [0.1, 0.15) is 12.0 Å². The van der Waals surface area contributed by atoms with E-state index in [4.69, 9.17) is 0 Å². The summed E-state index contributed by atoms with van der Waals surface area (Å²) in [4.78, 5) is 14.4.